The Morgan fingerprint density at radius 3 is 2.62 bits per heavy atom. The number of carbonyl (C=O) groups is 2. The lowest BCUT2D eigenvalue weighted by Crippen LogP contribution is -2.45. The van der Waals surface area contributed by atoms with E-state index < -0.39 is 0 Å². The molecule has 1 aromatic carbocycles. The number of piperazine rings is 1. The summed E-state index contributed by atoms with van der Waals surface area (Å²) in [5, 5.41) is 6.78. The highest BCUT2D eigenvalue weighted by Crippen LogP contribution is 2.32. The lowest BCUT2D eigenvalue weighted by molar-refractivity contribution is 0.0949. The maximum atomic E-state index is 12.8. The number of hydrogen-bond donors (Lipinski definition) is 2. The van der Waals surface area contributed by atoms with Crippen LogP contribution in [0, 0.1) is 0 Å². The first-order valence-corrected chi connectivity index (χ1v) is 12.0. The van der Waals surface area contributed by atoms with Crippen LogP contribution in [0.2, 0.25) is 0 Å². The van der Waals surface area contributed by atoms with Crippen molar-refractivity contribution in [2.75, 3.05) is 68.8 Å². The Labute approximate surface area is 193 Å². The van der Waals surface area contributed by atoms with Crippen LogP contribution in [0.4, 0.5) is 16.2 Å². The fraction of sp³-hybridized carbons (Fsp3) is 0.435. The molecule has 170 valence electrons. The predicted molar refractivity (Wildman–Crippen MR) is 129 cm³/mol. The zero-order valence-corrected chi connectivity index (χ0v) is 19.2. The van der Waals surface area contributed by atoms with Crippen LogP contribution < -0.4 is 15.5 Å². The van der Waals surface area contributed by atoms with Crippen molar-refractivity contribution in [2.45, 2.75) is 11.4 Å². The average Bonchev–Trinajstić information content (AvgIpc) is 2.83. The Kier molecular flexibility index (Phi) is 7.62. The van der Waals surface area contributed by atoms with Gasteiger partial charge < -0.3 is 20.4 Å². The van der Waals surface area contributed by atoms with Crippen LogP contribution in [0.15, 0.2) is 47.6 Å². The number of rotatable bonds is 6. The number of fused-ring (bicyclic) bond motifs is 1. The largest absolute Gasteiger partial charge is 0.352 e. The number of anilines is 2. The van der Waals surface area contributed by atoms with E-state index in [2.05, 4.69) is 32.5 Å². The smallest absolute Gasteiger partial charge is 0.326 e. The molecule has 0 radical (unpaired) electrons. The molecule has 0 atom stereocenters. The summed E-state index contributed by atoms with van der Waals surface area (Å²) in [4.78, 5) is 36.0. The summed E-state index contributed by atoms with van der Waals surface area (Å²) in [6.07, 6.45) is 2.68. The van der Waals surface area contributed by atoms with Gasteiger partial charge in [0, 0.05) is 62.5 Å². The van der Waals surface area contributed by atoms with Crippen molar-refractivity contribution >= 4 is 35.1 Å². The van der Waals surface area contributed by atoms with E-state index in [-0.39, 0.29) is 11.9 Å². The van der Waals surface area contributed by atoms with Gasteiger partial charge in [0.25, 0.3) is 5.91 Å². The number of amides is 3. The Balaban J connectivity index is 1.23. The number of benzene rings is 1. The molecular formula is C23H30N6O2S. The van der Waals surface area contributed by atoms with Crippen molar-refractivity contribution in [3.8, 4) is 0 Å². The molecule has 1 aromatic heterocycles. The summed E-state index contributed by atoms with van der Waals surface area (Å²) < 4.78 is 0. The number of nitrogens with zero attached hydrogens (tertiary/aromatic N) is 4. The molecule has 1 fully saturated rings. The van der Waals surface area contributed by atoms with Gasteiger partial charge in [-0.2, -0.15) is 0 Å². The molecule has 2 aromatic rings. The van der Waals surface area contributed by atoms with Crippen molar-refractivity contribution in [3.05, 3.63) is 48.2 Å². The van der Waals surface area contributed by atoms with Gasteiger partial charge in [0.05, 0.1) is 5.69 Å². The highest BCUT2D eigenvalue weighted by molar-refractivity contribution is 7.99. The maximum absolute atomic E-state index is 12.8. The van der Waals surface area contributed by atoms with Crippen LogP contribution in [0.3, 0.4) is 0 Å². The molecule has 1 saturated heterocycles. The van der Waals surface area contributed by atoms with E-state index in [0.29, 0.717) is 24.3 Å². The molecule has 32 heavy (non-hydrogen) atoms. The molecule has 2 aliphatic heterocycles. The van der Waals surface area contributed by atoms with Crippen LogP contribution >= 0.6 is 11.8 Å². The minimum atomic E-state index is -0.194. The van der Waals surface area contributed by atoms with Crippen LogP contribution in [-0.4, -0.2) is 85.3 Å². The molecule has 0 unspecified atom stereocenters. The minimum Gasteiger partial charge on any atom is -0.352 e. The Hall–Kier alpha value is -2.62. The van der Waals surface area contributed by atoms with E-state index in [1.54, 1.807) is 47.1 Å². The molecule has 0 aliphatic carbocycles. The van der Waals surface area contributed by atoms with Crippen molar-refractivity contribution < 1.29 is 9.59 Å². The fourth-order valence-corrected chi connectivity index (χ4v) is 4.77. The zero-order valence-electron chi connectivity index (χ0n) is 18.4. The maximum Gasteiger partial charge on any atom is 0.326 e. The molecule has 3 heterocycles. The number of carbonyl (C=O) groups excluding carboxylic acids is 2. The van der Waals surface area contributed by atoms with Gasteiger partial charge in [-0.1, -0.05) is 0 Å². The van der Waals surface area contributed by atoms with Gasteiger partial charge in [0.15, 0.2) is 0 Å². The number of thioether (sulfide) groups is 1. The summed E-state index contributed by atoms with van der Waals surface area (Å²) in [6, 6.07) is 10.6. The molecule has 2 aliphatic rings. The molecule has 4 rings (SSSR count). The van der Waals surface area contributed by atoms with E-state index in [4.69, 9.17) is 0 Å². The number of nitrogens with one attached hydrogen (secondary N) is 2. The molecule has 2 N–H and O–H groups in total. The quantitative estimate of drug-likeness (QED) is 0.653. The summed E-state index contributed by atoms with van der Waals surface area (Å²) in [7, 11) is 2.15. The predicted octanol–water partition coefficient (Wildman–Crippen LogP) is 2.59. The van der Waals surface area contributed by atoms with Gasteiger partial charge >= 0.3 is 6.03 Å². The number of urea groups is 1. The van der Waals surface area contributed by atoms with Crippen molar-refractivity contribution in [1.82, 2.24) is 20.1 Å². The van der Waals surface area contributed by atoms with Gasteiger partial charge in [-0.3, -0.25) is 9.69 Å². The van der Waals surface area contributed by atoms with E-state index in [1.165, 1.54) is 0 Å². The molecule has 0 saturated carbocycles. The summed E-state index contributed by atoms with van der Waals surface area (Å²) >= 11 is 1.66. The summed E-state index contributed by atoms with van der Waals surface area (Å²) in [6.45, 7) is 6.69. The van der Waals surface area contributed by atoms with Gasteiger partial charge in [0.1, 0.15) is 5.03 Å². The highest BCUT2D eigenvalue weighted by atomic mass is 32.2. The van der Waals surface area contributed by atoms with Crippen LogP contribution in [0.25, 0.3) is 0 Å². The van der Waals surface area contributed by atoms with Crippen LogP contribution in [-0.2, 0) is 0 Å². The minimum absolute atomic E-state index is 0.0886. The first-order chi connectivity index (χ1) is 15.6. The first-order valence-electron chi connectivity index (χ1n) is 11.1. The number of hydrogen-bond acceptors (Lipinski definition) is 6. The average molecular weight is 455 g/mol. The monoisotopic (exact) mass is 454 g/mol. The van der Waals surface area contributed by atoms with Crippen LogP contribution in [0.1, 0.15) is 16.8 Å². The van der Waals surface area contributed by atoms with Crippen molar-refractivity contribution in [3.63, 3.8) is 0 Å². The van der Waals surface area contributed by atoms with E-state index in [0.717, 1.165) is 55.6 Å². The second-order valence-corrected chi connectivity index (χ2v) is 9.17. The third kappa shape index (κ3) is 5.79. The third-order valence-corrected chi connectivity index (χ3v) is 6.75. The first kappa shape index (κ1) is 22.6. The number of likely N-dealkylation sites (N-methyl/N-ethyl adjacent to an activating group) is 1. The van der Waals surface area contributed by atoms with E-state index >= 15 is 0 Å². The molecular weight excluding hydrogens is 424 g/mol. The van der Waals surface area contributed by atoms with Gasteiger partial charge in [-0.05, 0) is 56.4 Å². The Morgan fingerprint density at radius 2 is 1.84 bits per heavy atom. The fourth-order valence-electron chi connectivity index (χ4n) is 3.84. The van der Waals surface area contributed by atoms with E-state index in [9.17, 15) is 9.59 Å². The number of pyridine rings is 1. The third-order valence-electron chi connectivity index (χ3n) is 5.77. The SMILES string of the molecule is CN1CCN(CCCNC(=O)c2ccc(NC(=O)N3CCSc4ncccc43)cc2)CC1. The standard InChI is InChI=1S/C23H30N6O2S/c1-27-12-14-28(15-13-27)11-3-10-24-21(30)18-5-7-19(8-6-18)26-23(31)29-16-17-32-22-20(29)4-2-9-25-22/h2,4-9H,3,10-17H2,1H3,(H,24,30)(H,26,31). The number of aromatic nitrogens is 1. The Morgan fingerprint density at radius 1 is 1.06 bits per heavy atom. The zero-order chi connectivity index (χ0) is 22.3. The molecule has 9 heteroatoms. The summed E-state index contributed by atoms with van der Waals surface area (Å²) in [5.74, 6) is 0.722. The lowest BCUT2D eigenvalue weighted by atomic mass is 10.2. The Bertz CT molecular complexity index is 930. The van der Waals surface area contributed by atoms with Gasteiger partial charge in [0.2, 0.25) is 0 Å². The lowest BCUT2D eigenvalue weighted by Gasteiger charge is -2.32. The van der Waals surface area contributed by atoms with Crippen LogP contribution in [0.5, 0.6) is 0 Å². The second-order valence-electron chi connectivity index (χ2n) is 8.09. The topological polar surface area (TPSA) is 80.8 Å². The molecule has 0 spiro atoms. The second kappa shape index (κ2) is 10.8. The summed E-state index contributed by atoms with van der Waals surface area (Å²) in [5.41, 5.74) is 2.07. The highest BCUT2D eigenvalue weighted by Gasteiger charge is 2.23. The van der Waals surface area contributed by atoms with Crippen molar-refractivity contribution in [2.24, 2.45) is 0 Å². The van der Waals surface area contributed by atoms with Gasteiger partial charge in [-0.25, -0.2) is 9.78 Å². The molecule has 3 amide bonds. The normalized spacial score (nSPS) is 17.0. The van der Waals surface area contributed by atoms with Crippen molar-refractivity contribution in [1.29, 1.82) is 0 Å². The molecule has 8 nitrogen and oxygen atoms in total. The van der Waals surface area contributed by atoms with Gasteiger partial charge in [-0.15, -0.1) is 11.8 Å². The molecule has 0 bridgehead atoms. The van der Waals surface area contributed by atoms with E-state index in [1.807, 2.05) is 12.1 Å².